The predicted octanol–water partition coefficient (Wildman–Crippen LogP) is 0.519. The summed E-state index contributed by atoms with van der Waals surface area (Å²) in [6.07, 6.45) is 0. The Labute approximate surface area is 295 Å². The summed E-state index contributed by atoms with van der Waals surface area (Å²) in [5.41, 5.74) is 3.18. The van der Waals surface area contributed by atoms with E-state index < -0.39 is 0 Å². The SMILES string of the molecule is C/N=C(/NCCO)NCCNC(=O)c1cc2cc(NC(=O)c3ccc4[nH]c(C(=O)NCCN/C(=N\C)NCCO)cc4c3)ccc2[nH]1.Cl.Cl. The van der Waals surface area contributed by atoms with Crippen molar-refractivity contribution >= 4 is 81.9 Å². The molecule has 2 heterocycles. The van der Waals surface area contributed by atoms with Crippen LogP contribution in [0.2, 0.25) is 0 Å². The van der Waals surface area contributed by atoms with E-state index in [4.69, 9.17) is 10.2 Å². The number of hydrogen-bond acceptors (Lipinski definition) is 7. The van der Waals surface area contributed by atoms with Crippen LogP contribution in [0.15, 0.2) is 58.5 Å². The molecule has 11 N–H and O–H groups in total. The number of rotatable bonds is 14. The Balaban J connectivity index is 0.00000417. The van der Waals surface area contributed by atoms with Crippen molar-refractivity contribution in [3.63, 3.8) is 0 Å². The van der Waals surface area contributed by atoms with Gasteiger partial charge in [0, 0.05) is 86.4 Å². The van der Waals surface area contributed by atoms with Crippen molar-refractivity contribution in [2.75, 3.05) is 71.9 Å². The second-order valence-corrected chi connectivity index (χ2v) is 10.2. The number of aromatic amines is 2. The first-order chi connectivity index (χ1) is 22.8. The molecule has 0 fully saturated rings. The van der Waals surface area contributed by atoms with E-state index in [2.05, 4.69) is 57.2 Å². The lowest BCUT2D eigenvalue weighted by atomic mass is 10.1. The molecule has 0 aliphatic carbocycles. The summed E-state index contributed by atoms with van der Waals surface area (Å²) >= 11 is 0. The minimum atomic E-state index is -0.322. The lowest BCUT2D eigenvalue weighted by Gasteiger charge is -2.11. The number of aliphatic hydroxyl groups excluding tert-OH is 2. The number of guanidine groups is 2. The quantitative estimate of drug-likeness (QED) is 0.0495. The van der Waals surface area contributed by atoms with Gasteiger partial charge in [0.1, 0.15) is 11.4 Å². The van der Waals surface area contributed by atoms with Crippen LogP contribution < -0.4 is 37.2 Å². The van der Waals surface area contributed by atoms with E-state index in [9.17, 15) is 14.4 Å². The molecule has 0 saturated carbocycles. The summed E-state index contributed by atoms with van der Waals surface area (Å²) in [6, 6.07) is 13.9. The lowest BCUT2D eigenvalue weighted by molar-refractivity contribution is 0.0942. The van der Waals surface area contributed by atoms with Gasteiger partial charge in [0.2, 0.25) is 0 Å². The number of nitrogens with zero attached hydrogens (tertiary/aromatic N) is 2. The van der Waals surface area contributed by atoms with Crippen LogP contribution >= 0.6 is 24.8 Å². The number of fused-ring (bicyclic) bond motifs is 2. The van der Waals surface area contributed by atoms with E-state index in [0.29, 0.717) is 84.7 Å². The molecule has 16 nitrogen and oxygen atoms in total. The van der Waals surface area contributed by atoms with Crippen LogP contribution in [0.25, 0.3) is 21.8 Å². The van der Waals surface area contributed by atoms with Crippen LogP contribution in [0.1, 0.15) is 31.3 Å². The molecule has 0 atom stereocenters. The largest absolute Gasteiger partial charge is 0.395 e. The van der Waals surface area contributed by atoms with Crippen LogP contribution in [0.3, 0.4) is 0 Å². The van der Waals surface area contributed by atoms with Gasteiger partial charge >= 0.3 is 0 Å². The third-order valence-electron chi connectivity index (χ3n) is 6.91. The summed E-state index contributed by atoms with van der Waals surface area (Å²) < 4.78 is 0. The second kappa shape index (κ2) is 20.4. The number of anilines is 1. The van der Waals surface area contributed by atoms with Crippen molar-refractivity contribution in [1.82, 2.24) is 41.9 Å². The molecule has 18 heteroatoms. The number of H-pyrrole nitrogens is 2. The van der Waals surface area contributed by atoms with Gasteiger partial charge in [0.15, 0.2) is 11.9 Å². The van der Waals surface area contributed by atoms with Crippen molar-refractivity contribution < 1.29 is 24.6 Å². The number of hydrogen-bond donors (Lipinski definition) is 11. The minimum Gasteiger partial charge on any atom is -0.395 e. The maximum absolute atomic E-state index is 13.1. The van der Waals surface area contributed by atoms with E-state index in [1.165, 1.54) is 0 Å². The van der Waals surface area contributed by atoms with Gasteiger partial charge in [0.05, 0.1) is 13.2 Å². The summed E-state index contributed by atoms with van der Waals surface area (Å²) in [7, 11) is 3.23. The summed E-state index contributed by atoms with van der Waals surface area (Å²) in [5.74, 6) is 0.167. The summed E-state index contributed by atoms with van der Waals surface area (Å²) in [4.78, 5) is 52.7. The van der Waals surface area contributed by atoms with Gasteiger partial charge < -0.3 is 57.4 Å². The molecule has 0 unspecified atom stereocenters. The number of halogens is 2. The molecule has 49 heavy (non-hydrogen) atoms. The molecule has 2 aromatic heterocycles. The third-order valence-corrected chi connectivity index (χ3v) is 6.91. The molecule has 0 saturated heterocycles. The van der Waals surface area contributed by atoms with Crippen molar-refractivity contribution in [3.05, 3.63) is 65.5 Å². The third kappa shape index (κ3) is 11.6. The molecule has 2 aromatic carbocycles. The van der Waals surface area contributed by atoms with Gasteiger partial charge in [-0.2, -0.15) is 0 Å². The Bertz CT molecular complexity index is 1760. The highest BCUT2D eigenvalue weighted by molar-refractivity contribution is 6.08. The Hall–Kier alpha value is -5.03. The summed E-state index contributed by atoms with van der Waals surface area (Å²) in [5, 5.41) is 39.8. The van der Waals surface area contributed by atoms with E-state index in [0.717, 1.165) is 10.9 Å². The van der Waals surface area contributed by atoms with Crippen LogP contribution in [-0.2, 0) is 0 Å². The van der Waals surface area contributed by atoms with Gasteiger partial charge in [-0.05, 0) is 48.5 Å². The fourth-order valence-electron chi connectivity index (χ4n) is 4.63. The molecule has 0 bridgehead atoms. The van der Waals surface area contributed by atoms with E-state index in [1.807, 2.05) is 0 Å². The molecule has 0 spiro atoms. The Kier molecular flexibility index (Phi) is 16.7. The monoisotopic (exact) mass is 719 g/mol. The number of aliphatic imine (C=N–C) groups is 2. The molecular formula is C31H43Cl2N11O5. The van der Waals surface area contributed by atoms with Gasteiger partial charge in [0.25, 0.3) is 17.7 Å². The first kappa shape index (κ1) is 40.1. The molecule has 0 radical (unpaired) electrons. The van der Waals surface area contributed by atoms with E-state index in [-0.39, 0.29) is 55.7 Å². The molecule has 0 aliphatic heterocycles. The Morgan fingerprint density at radius 3 is 1.53 bits per heavy atom. The first-order valence-electron chi connectivity index (χ1n) is 15.1. The smallest absolute Gasteiger partial charge is 0.267 e. The van der Waals surface area contributed by atoms with E-state index >= 15 is 0 Å². The average Bonchev–Trinajstić information content (AvgIpc) is 3.71. The van der Waals surface area contributed by atoms with Gasteiger partial charge in [-0.15, -0.1) is 24.8 Å². The fraction of sp³-hybridized carbons (Fsp3) is 0.323. The number of carbonyl (C=O) groups excluding carboxylic acids is 3. The zero-order valence-electron chi connectivity index (χ0n) is 27.1. The van der Waals surface area contributed by atoms with Crippen LogP contribution in [0.4, 0.5) is 5.69 Å². The topological polar surface area (TPSA) is 232 Å². The van der Waals surface area contributed by atoms with Crippen molar-refractivity contribution in [2.45, 2.75) is 0 Å². The molecule has 4 rings (SSSR count). The molecule has 3 amide bonds. The number of benzene rings is 2. The Morgan fingerprint density at radius 2 is 1.04 bits per heavy atom. The second-order valence-electron chi connectivity index (χ2n) is 10.2. The predicted molar refractivity (Wildman–Crippen MR) is 197 cm³/mol. The summed E-state index contributed by atoms with van der Waals surface area (Å²) in [6.45, 7) is 2.28. The fourth-order valence-corrected chi connectivity index (χ4v) is 4.63. The molecule has 4 aromatic rings. The zero-order valence-corrected chi connectivity index (χ0v) is 28.7. The normalized spacial score (nSPS) is 11.3. The average molecular weight is 721 g/mol. The van der Waals surface area contributed by atoms with Crippen LogP contribution in [0.5, 0.6) is 0 Å². The highest BCUT2D eigenvalue weighted by Gasteiger charge is 2.14. The molecule has 0 aliphatic rings. The number of amides is 3. The van der Waals surface area contributed by atoms with Gasteiger partial charge in [-0.25, -0.2) is 0 Å². The highest BCUT2D eigenvalue weighted by atomic mass is 35.5. The first-order valence-corrected chi connectivity index (χ1v) is 15.1. The number of nitrogens with one attached hydrogen (secondary N) is 9. The highest BCUT2D eigenvalue weighted by Crippen LogP contribution is 2.22. The zero-order chi connectivity index (χ0) is 33.6. The van der Waals surface area contributed by atoms with E-state index in [1.54, 1.807) is 62.6 Å². The van der Waals surface area contributed by atoms with Crippen molar-refractivity contribution in [1.29, 1.82) is 0 Å². The van der Waals surface area contributed by atoms with Crippen molar-refractivity contribution in [3.8, 4) is 0 Å². The standard InChI is InChI=1S/C31H41N11O5.2ClH/c1-32-30(38-11-13-43)36-9-7-34-28(46)25-17-20-15-19(3-5-23(20)41-25)27(45)40-22-4-6-24-21(16-22)18-26(42-24)29(47)35-8-10-37-31(33-2)39-12-14-44;;/h3-6,15-18,41-44H,7-14H2,1-2H3,(H,34,46)(H,35,47)(H,40,45)(H2,32,36,38)(H2,33,37,39);2*1H. The van der Waals surface area contributed by atoms with Crippen LogP contribution in [0, 0.1) is 0 Å². The maximum Gasteiger partial charge on any atom is 0.267 e. The van der Waals surface area contributed by atoms with Gasteiger partial charge in [-0.1, -0.05) is 0 Å². The van der Waals surface area contributed by atoms with Crippen LogP contribution in [-0.4, -0.2) is 116 Å². The van der Waals surface area contributed by atoms with Crippen molar-refractivity contribution in [2.24, 2.45) is 9.98 Å². The number of aromatic nitrogens is 2. The Morgan fingerprint density at radius 1 is 0.592 bits per heavy atom. The molecule has 266 valence electrons. The maximum atomic E-state index is 13.1. The molecular weight excluding hydrogens is 677 g/mol. The minimum absolute atomic E-state index is 0. The number of aliphatic hydroxyl groups is 2. The lowest BCUT2D eigenvalue weighted by Crippen LogP contribution is -2.42. The number of carbonyl (C=O) groups is 3. The van der Waals surface area contributed by atoms with Gasteiger partial charge in [-0.3, -0.25) is 24.4 Å².